The number of carbonyl (C=O) groups excluding carboxylic acids is 1. The van der Waals surface area contributed by atoms with Crippen LogP contribution < -0.4 is 0 Å². The molecule has 0 saturated heterocycles. The molecule has 0 atom stereocenters. The zero-order valence-corrected chi connectivity index (χ0v) is 11.2. The number of unbranched alkanes of at least 4 members (excludes halogenated alkanes) is 1. The van der Waals surface area contributed by atoms with E-state index >= 15 is 0 Å². The van der Waals surface area contributed by atoms with E-state index < -0.39 is 0 Å². The Bertz CT molecular complexity index is 188. The highest BCUT2D eigenvalue weighted by Gasteiger charge is 2.22. The first kappa shape index (κ1) is 15.4. The average Bonchev–Trinajstić information content (AvgIpc) is 2.17. The van der Waals surface area contributed by atoms with Gasteiger partial charge in [-0.25, -0.2) is 0 Å². The largest absolute Gasteiger partial charge is 0.466 e. The van der Waals surface area contributed by atoms with Gasteiger partial charge in [-0.3, -0.25) is 4.79 Å². The van der Waals surface area contributed by atoms with Gasteiger partial charge in [-0.1, -0.05) is 27.2 Å². The molecule has 0 aliphatic rings. The molecular formula is C13H26O3. The highest BCUT2D eigenvalue weighted by Crippen LogP contribution is 2.25. The summed E-state index contributed by atoms with van der Waals surface area (Å²) >= 11 is 0. The molecule has 0 heterocycles. The number of hydrogen-bond donors (Lipinski definition) is 0. The SMILES string of the molecule is CCCCOC(=O)CC(C)(C)CCOCC. The van der Waals surface area contributed by atoms with Crippen molar-refractivity contribution in [1.29, 1.82) is 0 Å². The maximum absolute atomic E-state index is 11.5. The summed E-state index contributed by atoms with van der Waals surface area (Å²) in [7, 11) is 0. The average molecular weight is 230 g/mol. The van der Waals surface area contributed by atoms with Gasteiger partial charge in [-0.2, -0.15) is 0 Å². The Kier molecular flexibility index (Phi) is 8.26. The molecule has 0 rings (SSSR count). The summed E-state index contributed by atoms with van der Waals surface area (Å²) in [5.41, 5.74) is -0.0293. The minimum atomic E-state index is -0.0880. The Morgan fingerprint density at radius 1 is 1.19 bits per heavy atom. The number of hydrogen-bond acceptors (Lipinski definition) is 3. The smallest absolute Gasteiger partial charge is 0.306 e. The summed E-state index contributed by atoms with van der Waals surface area (Å²) in [4.78, 5) is 11.5. The lowest BCUT2D eigenvalue weighted by molar-refractivity contribution is -0.146. The zero-order chi connectivity index (χ0) is 12.4. The van der Waals surface area contributed by atoms with Gasteiger partial charge in [-0.15, -0.1) is 0 Å². The Morgan fingerprint density at radius 3 is 2.44 bits per heavy atom. The van der Waals surface area contributed by atoms with Gasteiger partial charge in [0.15, 0.2) is 0 Å². The van der Waals surface area contributed by atoms with Gasteiger partial charge >= 0.3 is 5.97 Å². The number of ether oxygens (including phenoxy) is 2. The molecule has 0 unspecified atom stereocenters. The van der Waals surface area contributed by atoms with Crippen LogP contribution in [0.1, 0.15) is 53.4 Å². The van der Waals surface area contributed by atoms with Crippen LogP contribution in [0.3, 0.4) is 0 Å². The van der Waals surface area contributed by atoms with E-state index in [0.717, 1.165) is 25.9 Å². The molecule has 0 aromatic heterocycles. The van der Waals surface area contributed by atoms with Crippen molar-refractivity contribution in [3.05, 3.63) is 0 Å². The first-order valence-electron chi connectivity index (χ1n) is 6.25. The summed E-state index contributed by atoms with van der Waals surface area (Å²) in [6.45, 7) is 10.2. The third-order valence-corrected chi connectivity index (χ3v) is 2.51. The van der Waals surface area contributed by atoms with Crippen molar-refractivity contribution in [2.75, 3.05) is 19.8 Å². The van der Waals surface area contributed by atoms with Crippen LogP contribution in [0, 0.1) is 5.41 Å². The summed E-state index contributed by atoms with van der Waals surface area (Å²) < 4.78 is 10.4. The first-order chi connectivity index (χ1) is 7.52. The topological polar surface area (TPSA) is 35.5 Å². The van der Waals surface area contributed by atoms with E-state index in [1.54, 1.807) is 0 Å². The highest BCUT2D eigenvalue weighted by atomic mass is 16.5. The maximum atomic E-state index is 11.5. The van der Waals surface area contributed by atoms with Gasteiger partial charge in [0, 0.05) is 13.2 Å². The fourth-order valence-electron chi connectivity index (χ4n) is 1.35. The van der Waals surface area contributed by atoms with Crippen LogP contribution in [-0.2, 0) is 14.3 Å². The van der Waals surface area contributed by atoms with Gasteiger partial charge < -0.3 is 9.47 Å². The minimum Gasteiger partial charge on any atom is -0.466 e. The quantitative estimate of drug-likeness (QED) is 0.451. The van der Waals surface area contributed by atoms with E-state index in [1.165, 1.54) is 0 Å². The third-order valence-electron chi connectivity index (χ3n) is 2.51. The molecule has 16 heavy (non-hydrogen) atoms. The number of carbonyl (C=O) groups is 1. The van der Waals surface area contributed by atoms with Crippen LogP contribution >= 0.6 is 0 Å². The summed E-state index contributed by atoms with van der Waals surface area (Å²) in [5.74, 6) is -0.0880. The lowest BCUT2D eigenvalue weighted by Gasteiger charge is -2.23. The lowest BCUT2D eigenvalue weighted by atomic mass is 9.86. The summed E-state index contributed by atoms with van der Waals surface area (Å²) in [6, 6.07) is 0. The van der Waals surface area contributed by atoms with E-state index in [9.17, 15) is 4.79 Å². The molecule has 0 spiro atoms. The molecule has 0 bridgehead atoms. The van der Waals surface area contributed by atoms with Crippen molar-refractivity contribution in [3.8, 4) is 0 Å². The van der Waals surface area contributed by atoms with Crippen LogP contribution in [0.15, 0.2) is 0 Å². The summed E-state index contributed by atoms with van der Waals surface area (Å²) in [6.07, 6.45) is 3.37. The number of rotatable bonds is 9. The van der Waals surface area contributed by atoms with Crippen molar-refractivity contribution in [1.82, 2.24) is 0 Å². The second-order valence-corrected chi connectivity index (χ2v) is 4.86. The van der Waals surface area contributed by atoms with Crippen molar-refractivity contribution in [2.45, 2.75) is 53.4 Å². The van der Waals surface area contributed by atoms with Gasteiger partial charge in [0.05, 0.1) is 13.0 Å². The van der Waals surface area contributed by atoms with E-state index in [1.807, 2.05) is 6.92 Å². The Labute approximate surface area is 99.5 Å². The van der Waals surface area contributed by atoms with Crippen molar-refractivity contribution >= 4 is 5.97 Å². The number of esters is 1. The molecule has 0 radical (unpaired) electrons. The molecular weight excluding hydrogens is 204 g/mol. The Balaban J connectivity index is 3.72. The molecule has 0 N–H and O–H groups in total. The van der Waals surface area contributed by atoms with Gasteiger partial charge in [0.2, 0.25) is 0 Å². The second-order valence-electron chi connectivity index (χ2n) is 4.86. The fourth-order valence-corrected chi connectivity index (χ4v) is 1.35. The van der Waals surface area contributed by atoms with Gasteiger partial charge in [0.25, 0.3) is 0 Å². The second kappa shape index (κ2) is 8.57. The van der Waals surface area contributed by atoms with Crippen LogP contribution in [0.2, 0.25) is 0 Å². The monoisotopic (exact) mass is 230 g/mol. The molecule has 3 heteroatoms. The normalized spacial score (nSPS) is 11.5. The predicted molar refractivity (Wildman–Crippen MR) is 65.4 cm³/mol. The highest BCUT2D eigenvalue weighted by molar-refractivity contribution is 5.70. The molecule has 0 fully saturated rings. The van der Waals surface area contributed by atoms with E-state index in [-0.39, 0.29) is 11.4 Å². The van der Waals surface area contributed by atoms with E-state index in [4.69, 9.17) is 9.47 Å². The van der Waals surface area contributed by atoms with E-state index in [2.05, 4.69) is 20.8 Å². The zero-order valence-electron chi connectivity index (χ0n) is 11.2. The summed E-state index contributed by atoms with van der Waals surface area (Å²) in [5, 5.41) is 0. The third kappa shape index (κ3) is 8.72. The predicted octanol–water partition coefficient (Wildman–Crippen LogP) is 3.17. The Morgan fingerprint density at radius 2 is 1.88 bits per heavy atom. The molecule has 0 aliphatic heterocycles. The fraction of sp³-hybridized carbons (Fsp3) is 0.923. The molecule has 0 saturated carbocycles. The van der Waals surface area contributed by atoms with Crippen LogP contribution in [0.5, 0.6) is 0 Å². The Hall–Kier alpha value is -0.570. The molecule has 96 valence electrons. The molecule has 0 aromatic rings. The molecule has 3 nitrogen and oxygen atoms in total. The maximum Gasteiger partial charge on any atom is 0.306 e. The van der Waals surface area contributed by atoms with Crippen molar-refractivity contribution in [3.63, 3.8) is 0 Å². The lowest BCUT2D eigenvalue weighted by Crippen LogP contribution is -2.21. The minimum absolute atomic E-state index is 0.0293. The molecule has 0 amide bonds. The standard InChI is InChI=1S/C13H26O3/c1-5-7-9-16-12(14)11-13(3,4)8-10-15-6-2/h5-11H2,1-4H3. The van der Waals surface area contributed by atoms with Crippen LogP contribution in [0.4, 0.5) is 0 Å². The molecule has 0 aliphatic carbocycles. The van der Waals surface area contributed by atoms with Gasteiger partial charge in [0.1, 0.15) is 0 Å². The van der Waals surface area contributed by atoms with Crippen molar-refractivity contribution < 1.29 is 14.3 Å². The van der Waals surface area contributed by atoms with Gasteiger partial charge in [-0.05, 0) is 25.2 Å². The van der Waals surface area contributed by atoms with Crippen molar-refractivity contribution in [2.24, 2.45) is 5.41 Å². The van der Waals surface area contributed by atoms with Crippen LogP contribution in [0.25, 0.3) is 0 Å². The van der Waals surface area contributed by atoms with E-state index in [0.29, 0.717) is 19.6 Å². The van der Waals surface area contributed by atoms with Crippen LogP contribution in [-0.4, -0.2) is 25.8 Å². The molecule has 0 aromatic carbocycles. The first-order valence-corrected chi connectivity index (χ1v) is 6.25.